The van der Waals surface area contributed by atoms with Crippen LogP contribution in [0, 0.1) is 11.8 Å². The molecule has 0 saturated carbocycles. The van der Waals surface area contributed by atoms with E-state index in [4.69, 9.17) is 5.73 Å². The first kappa shape index (κ1) is 22.1. The van der Waals surface area contributed by atoms with E-state index in [-0.39, 0.29) is 36.3 Å². The zero-order valence-electron chi connectivity index (χ0n) is 17.5. The quantitative estimate of drug-likeness (QED) is 0.764. The van der Waals surface area contributed by atoms with E-state index in [2.05, 4.69) is 26.8 Å². The highest BCUT2D eigenvalue weighted by Crippen LogP contribution is 2.29. The molecule has 2 fully saturated rings. The topological polar surface area (TPSA) is 111 Å². The van der Waals surface area contributed by atoms with Gasteiger partial charge in [0, 0.05) is 45.3 Å². The predicted molar refractivity (Wildman–Crippen MR) is 118 cm³/mol. The van der Waals surface area contributed by atoms with E-state index in [0.717, 1.165) is 29.8 Å². The number of urea groups is 1. The molecule has 0 aliphatic carbocycles. The number of amides is 3. The lowest BCUT2D eigenvalue weighted by Crippen LogP contribution is -2.56. The molecule has 2 saturated heterocycles. The van der Waals surface area contributed by atoms with E-state index < -0.39 is 0 Å². The van der Waals surface area contributed by atoms with Crippen molar-refractivity contribution >= 4 is 41.2 Å². The maximum Gasteiger partial charge on any atom is 0.320 e. The fourth-order valence-corrected chi connectivity index (χ4v) is 4.58. The molecule has 3 amide bonds. The number of nitrogens with zero attached hydrogens (tertiary/aromatic N) is 5. The number of aromatic nitrogens is 3. The van der Waals surface area contributed by atoms with E-state index in [1.807, 2.05) is 29.1 Å². The number of carbonyl (C=O) groups excluding carboxylic acids is 2. The molecule has 2 aromatic rings. The second kappa shape index (κ2) is 9.07. The molecule has 2 aliphatic rings. The number of hydrogen-bond donors (Lipinski definition) is 2. The molecular weight excluding hydrogens is 406 g/mol. The molecule has 2 aliphatic heterocycles. The van der Waals surface area contributed by atoms with E-state index in [9.17, 15) is 9.59 Å². The van der Waals surface area contributed by atoms with Crippen LogP contribution in [0.25, 0.3) is 11.0 Å². The number of likely N-dealkylation sites (N-methyl/N-ethyl adjacent to an activating group) is 1. The van der Waals surface area contributed by atoms with Gasteiger partial charge >= 0.3 is 6.03 Å². The predicted octanol–water partition coefficient (Wildman–Crippen LogP) is 1.84. The summed E-state index contributed by atoms with van der Waals surface area (Å²) in [7, 11) is 2.04. The normalized spacial score (nSPS) is 22.6. The van der Waals surface area contributed by atoms with E-state index in [0.29, 0.717) is 38.4 Å². The maximum atomic E-state index is 13.1. The van der Waals surface area contributed by atoms with Crippen LogP contribution in [-0.2, 0) is 4.79 Å². The number of fused-ring (bicyclic) bond motifs is 1. The first-order valence-corrected chi connectivity index (χ1v) is 10.3. The monoisotopic (exact) mass is 435 g/mol. The Morgan fingerprint density at radius 2 is 1.87 bits per heavy atom. The minimum Gasteiger partial charge on any atom is -0.369 e. The molecule has 0 bridgehead atoms. The average Bonchev–Trinajstić information content (AvgIpc) is 3.22. The molecule has 4 rings (SSSR count). The number of hydrogen-bond acceptors (Lipinski definition) is 5. The lowest BCUT2D eigenvalue weighted by molar-refractivity contribution is -0.123. The highest BCUT2D eigenvalue weighted by atomic mass is 35.5. The number of H-pyrrole nitrogens is 1. The van der Waals surface area contributed by atoms with Gasteiger partial charge in [-0.15, -0.1) is 12.4 Å². The van der Waals surface area contributed by atoms with Gasteiger partial charge in [0.05, 0.1) is 11.4 Å². The number of nitrogens with two attached hydrogens (primary N) is 1. The summed E-state index contributed by atoms with van der Waals surface area (Å²) < 4.78 is 0. The zero-order valence-corrected chi connectivity index (χ0v) is 18.3. The van der Waals surface area contributed by atoms with Gasteiger partial charge in [-0.1, -0.05) is 6.92 Å². The van der Waals surface area contributed by atoms with Crippen molar-refractivity contribution in [2.24, 2.45) is 17.6 Å². The summed E-state index contributed by atoms with van der Waals surface area (Å²) in [5.74, 6) is 0.950. The van der Waals surface area contributed by atoms with Crippen LogP contribution in [0.1, 0.15) is 26.2 Å². The highest BCUT2D eigenvalue weighted by molar-refractivity contribution is 5.87. The summed E-state index contributed by atoms with van der Waals surface area (Å²) in [6.45, 7) is 4.83. The maximum absolute atomic E-state index is 13.1. The van der Waals surface area contributed by atoms with Crippen molar-refractivity contribution in [1.29, 1.82) is 0 Å². The average molecular weight is 436 g/mol. The van der Waals surface area contributed by atoms with Gasteiger partial charge in [-0.25, -0.2) is 14.8 Å². The molecular formula is C20H30ClN7O2. The van der Waals surface area contributed by atoms with Crippen molar-refractivity contribution in [3.05, 3.63) is 18.6 Å². The van der Waals surface area contributed by atoms with Crippen molar-refractivity contribution in [2.75, 3.05) is 38.1 Å². The zero-order chi connectivity index (χ0) is 20.5. The van der Waals surface area contributed by atoms with Crippen molar-refractivity contribution in [3.8, 4) is 0 Å². The minimum absolute atomic E-state index is 0. The Labute approximate surface area is 182 Å². The molecule has 0 aromatic carbocycles. The Balaban J connectivity index is 0.00000256. The van der Waals surface area contributed by atoms with Gasteiger partial charge in [0.25, 0.3) is 0 Å². The van der Waals surface area contributed by atoms with Crippen LogP contribution >= 0.6 is 12.4 Å². The summed E-state index contributed by atoms with van der Waals surface area (Å²) in [6.07, 6.45) is 5.69. The Hall–Kier alpha value is -2.55. The molecule has 30 heavy (non-hydrogen) atoms. The number of rotatable bonds is 3. The third kappa shape index (κ3) is 4.16. The highest BCUT2D eigenvalue weighted by Gasteiger charge is 2.35. The fourth-order valence-electron chi connectivity index (χ4n) is 4.58. The summed E-state index contributed by atoms with van der Waals surface area (Å²) in [5, 5.41) is 0.985. The number of primary amides is 1. The molecule has 164 valence electrons. The molecule has 2 aromatic heterocycles. The van der Waals surface area contributed by atoms with Crippen LogP contribution in [0.3, 0.4) is 0 Å². The van der Waals surface area contributed by atoms with Gasteiger partial charge in [0.15, 0.2) is 0 Å². The van der Waals surface area contributed by atoms with E-state index >= 15 is 0 Å². The van der Waals surface area contributed by atoms with Gasteiger partial charge in [0.1, 0.15) is 17.8 Å². The Morgan fingerprint density at radius 1 is 1.17 bits per heavy atom. The largest absolute Gasteiger partial charge is 0.369 e. The van der Waals surface area contributed by atoms with Crippen LogP contribution in [0.5, 0.6) is 0 Å². The third-order valence-electron chi connectivity index (χ3n) is 6.52. The molecule has 0 spiro atoms. The number of halogens is 1. The van der Waals surface area contributed by atoms with Gasteiger partial charge in [-0.05, 0) is 31.2 Å². The number of nitrogens with one attached hydrogen (secondary N) is 1. The second-order valence-corrected chi connectivity index (χ2v) is 8.27. The summed E-state index contributed by atoms with van der Waals surface area (Å²) in [5.41, 5.74) is 6.23. The molecule has 9 nitrogen and oxygen atoms in total. The Morgan fingerprint density at radius 3 is 2.57 bits per heavy atom. The Bertz CT molecular complexity index is 896. The number of likely N-dealkylation sites (tertiary alicyclic amines) is 2. The van der Waals surface area contributed by atoms with Crippen LogP contribution in [-0.4, -0.2) is 76.0 Å². The van der Waals surface area contributed by atoms with Gasteiger partial charge < -0.3 is 25.4 Å². The molecule has 10 heteroatoms. The Kier molecular flexibility index (Phi) is 6.70. The van der Waals surface area contributed by atoms with Crippen LogP contribution in [0.2, 0.25) is 0 Å². The smallest absolute Gasteiger partial charge is 0.320 e. The van der Waals surface area contributed by atoms with Crippen molar-refractivity contribution in [2.45, 2.75) is 32.2 Å². The lowest BCUT2D eigenvalue weighted by atomic mass is 9.92. The third-order valence-corrected chi connectivity index (χ3v) is 6.52. The summed E-state index contributed by atoms with van der Waals surface area (Å²) in [4.78, 5) is 42.4. The fraction of sp³-hybridized carbons (Fsp3) is 0.600. The lowest BCUT2D eigenvalue weighted by Gasteiger charge is -2.44. The van der Waals surface area contributed by atoms with E-state index in [1.54, 1.807) is 6.33 Å². The summed E-state index contributed by atoms with van der Waals surface area (Å²) in [6, 6.07) is 2.22. The number of anilines is 1. The first-order valence-electron chi connectivity index (χ1n) is 10.3. The number of aromatic amines is 1. The molecule has 2 unspecified atom stereocenters. The van der Waals surface area contributed by atoms with Crippen molar-refractivity contribution in [1.82, 2.24) is 24.8 Å². The molecule has 3 N–H and O–H groups in total. The van der Waals surface area contributed by atoms with Crippen molar-refractivity contribution < 1.29 is 9.59 Å². The van der Waals surface area contributed by atoms with Crippen molar-refractivity contribution in [3.63, 3.8) is 0 Å². The van der Waals surface area contributed by atoms with Gasteiger partial charge in [-0.3, -0.25) is 4.79 Å². The standard InChI is InChI=1S/C20H29N7O2.ClH/c1-13-4-8-27(20(29)26-9-5-14(6-10-26)17(21)28)11-16(13)25(2)19-15-3-7-22-18(15)23-12-24-19;/h3,7,12-14,16H,4-6,8-11H2,1-2H3,(H2,21,28)(H,22,23,24);1H. The van der Waals surface area contributed by atoms with Crippen LogP contribution in [0.4, 0.5) is 10.6 Å². The molecule has 4 heterocycles. The van der Waals surface area contributed by atoms with Crippen LogP contribution < -0.4 is 10.6 Å². The van der Waals surface area contributed by atoms with Crippen LogP contribution in [0.15, 0.2) is 18.6 Å². The van der Waals surface area contributed by atoms with Gasteiger partial charge in [0.2, 0.25) is 5.91 Å². The van der Waals surface area contributed by atoms with Gasteiger partial charge in [-0.2, -0.15) is 0 Å². The SMILES string of the molecule is CC1CCN(C(=O)N2CCC(C(N)=O)CC2)CC1N(C)c1ncnc2[nH]ccc12.Cl. The molecule has 2 atom stereocenters. The number of piperidine rings is 2. The molecule has 0 radical (unpaired) electrons. The second-order valence-electron chi connectivity index (χ2n) is 8.27. The van der Waals surface area contributed by atoms with E-state index in [1.165, 1.54) is 0 Å². The minimum atomic E-state index is -0.258. The number of carbonyl (C=O) groups is 2. The first-order chi connectivity index (χ1) is 14.0. The summed E-state index contributed by atoms with van der Waals surface area (Å²) >= 11 is 0.